The van der Waals surface area contributed by atoms with Crippen molar-refractivity contribution >= 4 is 22.6 Å². The van der Waals surface area contributed by atoms with Crippen LogP contribution in [0.1, 0.15) is 20.8 Å². The summed E-state index contributed by atoms with van der Waals surface area (Å²) < 4.78 is 2.07. The summed E-state index contributed by atoms with van der Waals surface area (Å²) in [7, 11) is 0. The minimum Gasteiger partial charge on any atom is -0.0762 e. The third kappa shape index (κ3) is 4.37. The molecule has 0 saturated heterocycles. The molecule has 8 heavy (non-hydrogen) atoms. The van der Waals surface area contributed by atoms with E-state index < -0.39 is 0 Å². The van der Waals surface area contributed by atoms with Crippen molar-refractivity contribution in [3.05, 3.63) is 21.3 Å². The summed E-state index contributed by atoms with van der Waals surface area (Å²) in [6.07, 6.45) is 2.16. The van der Waals surface area contributed by atoms with Gasteiger partial charge in [-0.2, -0.15) is 0 Å². The van der Waals surface area contributed by atoms with Crippen LogP contribution in [0.15, 0.2) is 21.3 Å². The van der Waals surface area contributed by atoms with E-state index in [0.717, 1.165) is 0 Å². The molecular weight excluding hydrogens is 211 g/mol. The van der Waals surface area contributed by atoms with Crippen LogP contribution in [-0.2, 0) is 0 Å². The highest BCUT2D eigenvalue weighted by Gasteiger charge is 1.78. The predicted octanol–water partition coefficient (Wildman–Crippen LogP) is 3.29. The van der Waals surface area contributed by atoms with Gasteiger partial charge in [0.2, 0.25) is 0 Å². The van der Waals surface area contributed by atoms with E-state index in [9.17, 15) is 0 Å². The molecular formula is C7H11I. The molecule has 0 fully saturated rings. The van der Waals surface area contributed by atoms with E-state index in [1.54, 1.807) is 0 Å². The largest absolute Gasteiger partial charge is 0.0762 e. The Morgan fingerprint density at radius 2 is 1.75 bits per heavy atom. The van der Waals surface area contributed by atoms with E-state index in [1.807, 2.05) is 0 Å². The molecule has 0 rings (SSSR count). The Balaban J connectivity index is 3.89. The first-order valence-electron chi connectivity index (χ1n) is 2.58. The normalized spacial score (nSPS) is 11.2. The molecule has 0 aliphatic rings. The third-order valence-corrected chi connectivity index (χ3v) is 1.67. The van der Waals surface area contributed by atoms with Crippen molar-refractivity contribution in [3.8, 4) is 0 Å². The lowest BCUT2D eigenvalue weighted by Crippen LogP contribution is -1.66. The highest BCUT2D eigenvalue weighted by atomic mass is 127. The summed E-state index contributed by atoms with van der Waals surface area (Å²) in [5.74, 6) is 0. The topological polar surface area (TPSA) is 0 Å². The Hall–Kier alpha value is 0.210. The van der Waals surface area contributed by atoms with Crippen LogP contribution in [0.4, 0.5) is 0 Å². The van der Waals surface area contributed by atoms with Gasteiger partial charge in [0, 0.05) is 0 Å². The lowest BCUT2D eigenvalue weighted by molar-refractivity contribution is 1.36. The molecule has 0 spiro atoms. The highest BCUT2D eigenvalue weighted by molar-refractivity contribution is 14.1. The Kier molecular flexibility index (Phi) is 4.23. The van der Waals surface area contributed by atoms with E-state index >= 15 is 0 Å². The van der Waals surface area contributed by atoms with Gasteiger partial charge in [-0.3, -0.25) is 0 Å². The molecule has 0 aliphatic heterocycles. The summed E-state index contributed by atoms with van der Waals surface area (Å²) >= 11 is 2.24. The molecule has 0 unspecified atom stereocenters. The molecule has 0 radical (unpaired) electrons. The second-order valence-electron chi connectivity index (χ2n) is 2.07. The Morgan fingerprint density at radius 3 is 1.88 bits per heavy atom. The van der Waals surface area contributed by atoms with Crippen molar-refractivity contribution in [2.75, 3.05) is 0 Å². The molecule has 0 bridgehead atoms. The molecule has 0 heterocycles. The summed E-state index contributed by atoms with van der Waals surface area (Å²) in [5.41, 5.74) is 2.68. The van der Waals surface area contributed by atoms with Gasteiger partial charge in [0.1, 0.15) is 0 Å². The van der Waals surface area contributed by atoms with Gasteiger partial charge in [0.15, 0.2) is 0 Å². The van der Waals surface area contributed by atoms with Gasteiger partial charge in [0.25, 0.3) is 0 Å². The zero-order valence-electron chi connectivity index (χ0n) is 5.53. The number of halogens is 1. The van der Waals surface area contributed by atoms with Crippen LogP contribution < -0.4 is 0 Å². The first kappa shape index (κ1) is 8.21. The number of allylic oxidation sites excluding steroid dienone is 3. The monoisotopic (exact) mass is 222 g/mol. The van der Waals surface area contributed by atoms with E-state index in [4.69, 9.17) is 0 Å². The Morgan fingerprint density at radius 1 is 1.25 bits per heavy atom. The summed E-state index contributed by atoms with van der Waals surface area (Å²) in [6.45, 7) is 6.30. The maximum atomic E-state index is 2.24. The molecule has 0 aromatic heterocycles. The summed E-state index contributed by atoms with van der Waals surface area (Å²) in [4.78, 5) is 0. The van der Waals surface area contributed by atoms with Gasteiger partial charge in [-0.05, 0) is 30.4 Å². The van der Waals surface area contributed by atoms with Gasteiger partial charge in [-0.25, -0.2) is 0 Å². The van der Waals surface area contributed by atoms with Crippen LogP contribution in [-0.4, -0.2) is 0 Å². The lowest BCUT2D eigenvalue weighted by Gasteiger charge is -1.87. The van der Waals surface area contributed by atoms with Crippen LogP contribution in [0.2, 0.25) is 0 Å². The molecule has 0 saturated carbocycles. The molecule has 0 aromatic carbocycles. The van der Waals surface area contributed by atoms with Crippen molar-refractivity contribution in [1.29, 1.82) is 0 Å². The lowest BCUT2D eigenvalue weighted by atomic mass is 10.2. The molecule has 0 amide bonds. The fourth-order valence-corrected chi connectivity index (χ4v) is 0.667. The standard InChI is InChI=1S/C7H11I/c1-6(2)4-7(3)5-8/h4-5H,1-3H3/b7-5-. The number of hydrogen-bond donors (Lipinski definition) is 0. The van der Waals surface area contributed by atoms with Gasteiger partial charge in [-0.1, -0.05) is 34.2 Å². The molecule has 46 valence electrons. The average molecular weight is 222 g/mol. The maximum Gasteiger partial charge on any atom is -0.0204 e. The number of rotatable bonds is 1. The van der Waals surface area contributed by atoms with Crippen molar-refractivity contribution < 1.29 is 0 Å². The zero-order valence-corrected chi connectivity index (χ0v) is 7.69. The molecule has 0 nitrogen and oxygen atoms in total. The highest BCUT2D eigenvalue weighted by Crippen LogP contribution is 2.02. The zero-order chi connectivity index (χ0) is 6.57. The van der Waals surface area contributed by atoms with Crippen LogP contribution in [0, 0.1) is 0 Å². The van der Waals surface area contributed by atoms with Crippen LogP contribution >= 0.6 is 22.6 Å². The summed E-state index contributed by atoms with van der Waals surface area (Å²) in [6, 6.07) is 0. The first-order valence-corrected chi connectivity index (χ1v) is 3.83. The quantitative estimate of drug-likeness (QED) is 0.471. The van der Waals surface area contributed by atoms with Gasteiger partial charge in [0.05, 0.1) is 0 Å². The molecule has 0 N–H and O–H groups in total. The minimum atomic E-state index is 1.32. The van der Waals surface area contributed by atoms with E-state index in [1.165, 1.54) is 11.1 Å². The Labute approximate surface area is 64.8 Å². The average Bonchev–Trinajstić information content (AvgIpc) is 1.65. The van der Waals surface area contributed by atoms with E-state index in [2.05, 4.69) is 53.5 Å². The van der Waals surface area contributed by atoms with Crippen LogP contribution in [0.25, 0.3) is 0 Å². The second-order valence-corrected chi connectivity index (χ2v) is 2.70. The second kappa shape index (κ2) is 4.13. The van der Waals surface area contributed by atoms with Crippen LogP contribution in [0.3, 0.4) is 0 Å². The minimum absolute atomic E-state index is 1.32. The first-order chi connectivity index (χ1) is 3.66. The van der Waals surface area contributed by atoms with Gasteiger partial charge >= 0.3 is 0 Å². The fraction of sp³-hybridized carbons (Fsp3) is 0.429. The van der Waals surface area contributed by atoms with E-state index in [0.29, 0.717) is 0 Å². The Bertz CT molecular complexity index is 116. The molecule has 0 atom stereocenters. The van der Waals surface area contributed by atoms with Crippen molar-refractivity contribution in [1.82, 2.24) is 0 Å². The van der Waals surface area contributed by atoms with Crippen molar-refractivity contribution in [2.24, 2.45) is 0 Å². The molecule has 0 aliphatic carbocycles. The SMILES string of the molecule is CC(C)=C/C(C)=C\I. The van der Waals surface area contributed by atoms with Crippen molar-refractivity contribution in [2.45, 2.75) is 20.8 Å². The van der Waals surface area contributed by atoms with E-state index in [-0.39, 0.29) is 0 Å². The summed E-state index contributed by atoms with van der Waals surface area (Å²) in [5, 5.41) is 0. The molecule has 1 heteroatoms. The molecule has 0 aromatic rings. The maximum absolute atomic E-state index is 2.24. The fourth-order valence-electron chi connectivity index (χ4n) is 0.487. The van der Waals surface area contributed by atoms with Gasteiger partial charge < -0.3 is 0 Å². The smallest absolute Gasteiger partial charge is 0.0204 e. The van der Waals surface area contributed by atoms with Gasteiger partial charge in [-0.15, -0.1) is 0 Å². The third-order valence-electron chi connectivity index (χ3n) is 0.688. The number of hydrogen-bond acceptors (Lipinski definition) is 0. The van der Waals surface area contributed by atoms with Crippen LogP contribution in [0.5, 0.6) is 0 Å². The van der Waals surface area contributed by atoms with Crippen molar-refractivity contribution in [3.63, 3.8) is 0 Å². The predicted molar refractivity (Wildman–Crippen MR) is 47.2 cm³/mol.